The van der Waals surface area contributed by atoms with Crippen LogP contribution in [0.4, 0.5) is 0 Å². The molecule has 1 aliphatic rings. The third-order valence-electron chi connectivity index (χ3n) is 1.50. The summed E-state index contributed by atoms with van der Waals surface area (Å²) in [7, 11) is 0. The first-order valence-electron chi connectivity index (χ1n) is 2.93. The summed E-state index contributed by atoms with van der Waals surface area (Å²) in [5, 5.41) is 2.93. The Morgan fingerprint density at radius 1 is 1.70 bits per heavy atom. The summed E-state index contributed by atoms with van der Waals surface area (Å²) in [4.78, 5) is 0. The van der Waals surface area contributed by atoms with E-state index in [0.29, 0.717) is 0 Å². The van der Waals surface area contributed by atoms with Crippen molar-refractivity contribution in [2.45, 2.75) is 26.4 Å². The maximum Gasteiger partial charge on any atom is 2.00 e. The minimum absolute atomic E-state index is 0. The summed E-state index contributed by atoms with van der Waals surface area (Å²) in [5.74, 6) is 0. The molecule has 1 fully saturated rings. The molecule has 0 aromatic carbocycles. The first-order valence-corrected chi connectivity index (χ1v) is 2.93. The summed E-state index contributed by atoms with van der Waals surface area (Å²) in [6.07, 6.45) is 0.993. The van der Waals surface area contributed by atoms with E-state index in [1.165, 1.54) is 5.57 Å². The maximum atomic E-state index is 7.12. The Kier molecular flexibility index (Phi) is 6.89. The van der Waals surface area contributed by atoms with Crippen molar-refractivity contribution in [1.29, 1.82) is 0 Å². The first kappa shape index (κ1) is 13.2. The molecule has 0 amide bonds. The van der Waals surface area contributed by atoms with Crippen LogP contribution in [0, 0.1) is 38.5 Å². The van der Waals surface area contributed by atoms with E-state index in [-0.39, 0.29) is 44.7 Å². The summed E-state index contributed by atoms with van der Waals surface area (Å²) in [6, 6.07) is 0. The van der Waals surface area contributed by atoms with E-state index in [9.17, 15) is 0 Å². The van der Waals surface area contributed by atoms with Gasteiger partial charge in [-0.2, -0.15) is 0 Å². The van der Waals surface area contributed by atoms with Crippen LogP contribution in [0.25, 0.3) is 5.73 Å². The van der Waals surface area contributed by atoms with Gasteiger partial charge in [0.1, 0.15) is 0 Å². The van der Waals surface area contributed by atoms with Gasteiger partial charge in [-0.25, -0.2) is 0 Å². The quantitative estimate of drug-likeness (QED) is 0.562. The van der Waals surface area contributed by atoms with E-state index in [4.69, 9.17) is 5.73 Å². The van der Waals surface area contributed by atoms with E-state index in [1.54, 1.807) is 0 Å². The van der Waals surface area contributed by atoms with Crippen molar-refractivity contribution in [2.24, 2.45) is 0 Å². The van der Waals surface area contributed by atoms with Gasteiger partial charge in [0.15, 0.2) is 0 Å². The Balaban J connectivity index is 0. The zero-order valence-corrected chi connectivity index (χ0v) is 10.9. The molecule has 0 saturated carbocycles. The molecule has 0 spiro atoms. The Morgan fingerprint density at radius 2 is 2.10 bits per heavy atom. The van der Waals surface area contributed by atoms with E-state index in [2.05, 4.69) is 19.2 Å². The van der Waals surface area contributed by atoms with E-state index < -0.39 is 0 Å². The Labute approximate surface area is 87.0 Å². The molecule has 2 nitrogen and oxygen atoms in total. The van der Waals surface area contributed by atoms with E-state index in [1.807, 2.05) is 0 Å². The number of nitrogens with one attached hydrogen (secondary N) is 2. The van der Waals surface area contributed by atoms with Crippen molar-refractivity contribution >= 4 is 0 Å². The van der Waals surface area contributed by atoms with Crippen LogP contribution in [0.3, 0.4) is 0 Å². The molecule has 10 heavy (non-hydrogen) atoms. The van der Waals surface area contributed by atoms with Crippen molar-refractivity contribution in [1.82, 2.24) is 5.32 Å². The number of hydrogen-bond donors (Lipinski definition) is 1. The van der Waals surface area contributed by atoms with Crippen molar-refractivity contribution in [3.63, 3.8) is 0 Å². The Bertz CT molecular complexity index is 128. The van der Waals surface area contributed by atoms with Crippen molar-refractivity contribution in [3.05, 3.63) is 24.4 Å². The largest absolute Gasteiger partial charge is 2.00 e. The molecule has 1 rings (SSSR count). The van der Waals surface area contributed by atoms with Crippen LogP contribution >= 0.6 is 0 Å². The molecule has 0 aromatic rings. The molecule has 1 saturated heterocycles. The Hall–Kier alpha value is 0.552. The smallest absolute Gasteiger partial charge is 0.652 e. The zero-order valence-electron chi connectivity index (χ0n) is 6.78. The van der Waals surface area contributed by atoms with Crippen LogP contribution in [-0.4, -0.2) is 6.17 Å². The maximum absolute atomic E-state index is 7.12. The van der Waals surface area contributed by atoms with E-state index >= 15 is 0 Å². The van der Waals surface area contributed by atoms with Crippen LogP contribution < -0.4 is 5.32 Å². The standard InChI is InChI=1S/C6H11N2.CH3.U/c1-3-4(2)5-6(7)8-5;;/h6-8H,3H2,1-2H3;1H3;/q2*-1;+2/b5-4-;;. The minimum atomic E-state index is -0.0741. The Morgan fingerprint density at radius 3 is 2.20 bits per heavy atom. The predicted octanol–water partition coefficient (Wildman–Crippen LogP) is 2.10. The molecule has 0 aromatic heterocycles. The van der Waals surface area contributed by atoms with Crippen LogP contribution in [0.2, 0.25) is 0 Å². The van der Waals surface area contributed by atoms with Gasteiger partial charge >= 0.3 is 31.1 Å². The molecule has 0 radical (unpaired) electrons. The van der Waals surface area contributed by atoms with Crippen LogP contribution in [-0.2, 0) is 0 Å². The molecular formula is C7H14N2U. The van der Waals surface area contributed by atoms with Gasteiger partial charge < -0.3 is 18.5 Å². The summed E-state index contributed by atoms with van der Waals surface area (Å²) >= 11 is 0. The van der Waals surface area contributed by atoms with Gasteiger partial charge in [0.2, 0.25) is 0 Å². The third-order valence-corrected chi connectivity index (χ3v) is 1.50. The fraction of sp³-hybridized carbons (Fsp3) is 0.571. The molecule has 3 heteroatoms. The molecule has 2 N–H and O–H groups in total. The van der Waals surface area contributed by atoms with Crippen LogP contribution in [0.15, 0.2) is 11.3 Å². The van der Waals surface area contributed by atoms with Gasteiger partial charge in [0, 0.05) is 5.70 Å². The second-order valence-corrected chi connectivity index (χ2v) is 2.12. The summed E-state index contributed by atoms with van der Waals surface area (Å²) < 4.78 is 0. The molecule has 56 valence electrons. The molecule has 1 atom stereocenters. The molecule has 1 heterocycles. The normalized spacial score (nSPS) is 25.3. The van der Waals surface area contributed by atoms with Gasteiger partial charge in [-0.15, -0.1) is 0 Å². The molecule has 1 unspecified atom stereocenters. The van der Waals surface area contributed by atoms with E-state index in [0.717, 1.165) is 12.1 Å². The number of hydrogen-bond acceptors (Lipinski definition) is 1. The second-order valence-electron chi connectivity index (χ2n) is 2.12. The van der Waals surface area contributed by atoms with Gasteiger partial charge in [0.25, 0.3) is 0 Å². The summed E-state index contributed by atoms with van der Waals surface area (Å²) in [5.41, 5.74) is 9.57. The fourth-order valence-electron chi connectivity index (χ4n) is 0.674. The van der Waals surface area contributed by atoms with Crippen molar-refractivity contribution in [2.75, 3.05) is 0 Å². The molecular weight excluding hydrogens is 350 g/mol. The molecule has 0 bridgehead atoms. The van der Waals surface area contributed by atoms with Gasteiger partial charge in [-0.05, 0) is 19.5 Å². The topological polar surface area (TPSA) is 45.7 Å². The monoisotopic (exact) mass is 364 g/mol. The van der Waals surface area contributed by atoms with Crippen molar-refractivity contribution < 1.29 is 31.1 Å². The second kappa shape index (κ2) is 5.23. The van der Waals surface area contributed by atoms with Crippen LogP contribution in [0.5, 0.6) is 0 Å². The predicted molar refractivity (Wildman–Crippen MR) is 40.7 cm³/mol. The van der Waals surface area contributed by atoms with Gasteiger partial charge in [-0.3, -0.25) is 0 Å². The SMILES string of the molecule is CC/C(C)=C1\NC1[NH-].[CH3-].[U+2]. The van der Waals surface area contributed by atoms with Crippen LogP contribution in [0.1, 0.15) is 20.3 Å². The van der Waals surface area contributed by atoms with Gasteiger partial charge in [-0.1, -0.05) is 12.5 Å². The molecule has 0 aliphatic carbocycles. The number of allylic oxidation sites excluding steroid dienone is 1. The van der Waals surface area contributed by atoms with Crippen molar-refractivity contribution in [3.8, 4) is 0 Å². The summed E-state index contributed by atoms with van der Waals surface area (Å²) in [6.45, 7) is 4.17. The number of rotatable bonds is 1. The molecule has 1 aliphatic heterocycles. The zero-order chi connectivity index (χ0) is 6.15. The average molecular weight is 364 g/mol. The fourth-order valence-corrected chi connectivity index (χ4v) is 0.674. The third kappa shape index (κ3) is 3.10. The minimum Gasteiger partial charge on any atom is -0.652 e. The average Bonchev–Trinajstić information content (AvgIpc) is 2.45. The first-order chi connectivity index (χ1) is 3.75. The van der Waals surface area contributed by atoms with Gasteiger partial charge in [0.05, 0.1) is 0 Å².